The molecule has 0 heterocycles. The van der Waals surface area contributed by atoms with Crippen LogP contribution in [0.1, 0.15) is 26.2 Å². The van der Waals surface area contributed by atoms with Crippen molar-refractivity contribution in [3.05, 3.63) is 30.3 Å². The molecule has 0 amide bonds. The first-order chi connectivity index (χ1) is 9.12. The predicted octanol–water partition coefficient (Wildman–Crippen LogP) is 3.05. The Morgan fingerprint density at radius 3 is 2.74 bits per heavy atom. The quantitative estimate of drug-likeness (QED) is 0.608. The molecule has 0 saturated heterocycles. The van der Waals surface area contributed by atoms with E-state index in [-0.39, 0.29) is 10.8 Å². The SMILES string of the molecule is C[C@@]1(CCl)[C@@H]2CC[C@@]1(C[Se]c1ccccc1)C(=O)C2. The molecule has 0 radical (unpaired) electrons. The number of hydrogen-bond acceptors (Lipinski definition) is 1. The van der Waals surface area contributed by atoms with Gasteiger partial charge in [-0.2, -0.15) is 0 Å². The van der Waals surface area contributed by atoms with Gasteiger partial charge in [0.25, 0.3) is 0 Å². The second-order valence-electron chi connectivity index (χ2n) is 6.10. The number of benzene rings is 1. The molecule has 19 heavy (non-hydrogen) atoms. The van der Waals surface area contributed by atoms with Gasteiger partial charge in [0.1, 0.15) is 0 Å². The van der Waals surface area contributed by atoms with Crippen molar-refractivity contribution in [3.63, 3.8) is 0 Å². The molecule has 2 fully saturated rings. The molecule has 1 aromatic carbocycles. The molecule has 3 heteroatoms. The Balaban J connectivity index is 1.83. The Bertz CT molecular complexity index is 489. The minimum absolute atomic E-state index is 0.0438. The molecule has 0 aromatic heterocycles. The van der Waals surface area contributed by atoms with Gasteiger partial charge in [0.15, 0.2) is 0 Å². The van der Waals surface area contributed by atoms with Crippen LogP contribution in [0.2, 0.25) is 5.32 Å². The summed E-state index contributed by atoms with van der Waals surface area (Å²) in [5, 5.41) is 1.03. The fraction of sp³-hybridized carbons (Fsp3) is 0.562. The third kappa shape index (κ3) is 1.92. The van der Waals surface area contributed by atoms with Crippen molar-refractivity contribution >= 4 is 36.8 Å². The van der Waals surface area contributed by atoms with Crippen LogP contribution in [-0.4, -0.2) is 26.6 Å². The van der Waals surface area contributed by atoms with Gasteiger partial charge < -0.3 is 0 Å². The van der Waals surface area contributed by atoms with Crippen LogP contribution < -0.4 is 4.46 Å². The zero-order valence-corrected chi connectivity index (χ0v) is 13.7. The van der Waals surface area contributed by atoms with Gasteiger partial charge in [0, 0.05) is 0 Å². The third-order valence-corrected chi connectivity index (χ3v) is 8.55. The average Bonchev–Trinajstić information content (AvgIpc) is 2.83. The number of carbonyl (C=O) groups excluding carboxylic acids is 1. The van der Waals surface area contributed by atoms with Crippen molar-refractivity contribution in [3.8, 4) is 0 Å². The van der Waals surface area contributed by atoms with Crippen molar-refractivity contribution in [2.75, 3.05) is 5.88 Å². The van der Waals surface area contributed by atoms with Crippen molar-refractivity contribution in [1.29, 1.82) is 0 Å². The van der Waals surface area contributed by atoms with Gasteiger partial charge in [0.2, 0.25) is 0 Å². The van der Waals surface area contributed by atoms with E-state index in [0.29, 0.717) is 32.5 Å². The zero-order valence-electron chi connectivity index (χ0n) is 11.2. The molecule has 0 spiro atoms. The number of Topliss-reactive ketones (excluding diaryl/α,β-unsaturated/α-hetero) is 1. The normalized spacial score (nSPS) is 36.9. The number of carbonyl (C=O) groups is 1. The molecule has 0 unspecified atom stereocenters. The van der Waals surface area contributed by atoms with Gasteiger partial charge in [-0.25, -0.2) is 0 Å². The molecule has 0 aliphatic heterocycles. The van der Waals surface area contributed by atoms with Crippen molar-refractivity contribution in [2.24, 2.45) is 16.7 Å². The van der Waals surface area contributed by atoms with E-state index < -0.39 is 0 Å². The number of halogens is 1. The van der Waals surface area contributed by atoms with E-state index in [1.54, 1.807) is 0 Å². The van der Waals surface area contributed by atoms with Gasteiger partial charge >= 0.3 is 126 Å². The summed E-state index contributed by atoms with van der Waals surface area (Å²) in [6.07, 6.45) is 3.03. The molecule has 1 nitrogen and oxygen atoms in total. The minimum atomic E-state index is -0.116. The van der Waals surface area contributed by atoms with Crippen LogP contribution in [0.15, 0.2) is 30.3 Å². The molecular formula is C16H19ClOSe. The van der Waals surface area contributed by atoms with E-state index in [1.807, 2.05) is 6.07 Å². The Kier molecular flexibility index (Phi) is 3.53. The predicted molar refractivity (Wildman–Crippen MR) is 80.2 cm³/mol. The van der Waals surface area contributed by atoms with Gasteiger partial charge in [-0.05, 0) is 0 Å². The van der Waals surface area contributed by atoms with Gasteiger partial charge in [-0.15, -0.1) is 0 Å². The second kappa shape index (κ2) is 4.91. The Hall–Kier alpha value is -0.301. The molecule has 2 saturated carbocycles. The van der Waals surface area contributed by atoms with Crippen LogP contribution in [0.25, 0.3) is 0 Å². The van der Waals surface area contributed by atoms with Crippen molar-refractivity contribution in [2.45, 2.75) is 31.5 Å². The number of fused-ring (bicyclic) bond motifs is 2. The van der Waals surface area contributed by atoms with E-state index >= 15 is 0 Å². The van der Waals surface area contributed by atoms with E-state index in [2.05, 4.69) is 31.2 Å². The van der Waals surface area contributed by atoms with Gasteiger partial charge in [-0.1, -0.05) is 0 Å². The fourth-order valence-corrected chi connectivity index (χ4v) is 7.30. The Labute approximate surface area is 126 Å². The van der Waals surface area contributed by atoms with Crippen LogP contribution in [0, 0.1) is 16.7 Å². The summed E-state index contributed by atoms with van der Waals surface area (Å²) in [4.78, 5) is 12.5. The number of alkyl halides is 1. The topological polar surface area (TPSA) is 17.1 Å². The van der Waals surface area contributed by atoms with E-state index in [0.717, 1.165) is 18.2 Å². The van der Waals surface area contributed by atoms with Crippen LogP contribution in [-0.2, 0) is 4.79 Å². The summed E-state index contributed by atoms with van der Waals surface area (Å²) in [6.45, 7) is 2.25. The average molecular weight is 342 g/mol. The molecule has 1 aromatic rings. The molecule has 3 rings (SSSR count). The molecule has 102 valence electrons. The summed E-state index contributed by atoms with van der Waals surface area (Å²) < 4.78 is 1.39. The maximum atomic E-state index is 12.5. The summed E-state index contributed by atoms with van der Waals surface area (Å²) in [6, 6.07) is 10.6. The van der Waals surface area contributed by atoms with Crippen LogP contribution in [0.3, 0.4) is 0 Å². The monoisotopic (exact) mass is 342 g/mol. The Morgan fingerprint density at radius 2 is 2.11 bits per heavy atom. The summed E-state index contributed by atoms with van der Waals surface area (Å²) >= 11 is 6.65. The molecule has 0 N–H and O–H groups in total. The van der Waals surface area contributed by atoms with Gasteiger partial charge in [0.05, 0.1) is 0 Å². The van der Waals surface area contributed by atoms with E-state index in [9.17, 15) is 4.79 Å². The molecular weight excluding hydrogens is 323 g/mol. The number of hydrogen-bond donors (Lipinski definition) is 0. The molecule has 2 bridgehead atoms. The Morgan fingerprint density at radius 1 is 1.37 bits per heavy atom. The van der Waals surface area contributed by atoms with Gasteiger partial charge in [-0.3, -0.25) is 0 Å². The summed E-state index contributed by atoms with van der Waals surface area (Å²) in [7, 11) is 0. The standard InChI is InChI=1S/C16H19ClOSe/c1-15(10-17)12-7-8-16(15,14(18)9-12)11-19-13-5-3-2-4-6-13/h2-6,12H,7-11H2,1H3/t12-,15-,16-/m1/s1. The number of ketones is 1. The van der Waals surface area contributed by atoms with Crippen LogP contribution in [0.5, 0.6) is 0 Å². The zero-order chi connectivity index (χ0) is 13.5. The summed E-state index contributed by atoms with van der Waals surface area (Å²) in [5.41, 5.74) is -0.0720. The second-order valence-corrected chi connectivity index (χ2v) is 8.57. The first kappa shape index (κ1) is 13.7. The fourth-order valence-electron chi connectivity index (χ4n) is 3.90. The first-order valence-corrected chi connectivity index (χ1v) is 9.50. The summed E-state index contributed by atoms with van der Waals surface area (Å²) in [5.74, 6) is 1.66. The van der Waals surface area contributed by atoms with Crippen molar-refractivity contribution < 1.29 is 4.79 Å². The van der Waals surface area contributed by atoms with E-state index in [4.69, 9.17) is 11.6 Å². The number of rotatable bonds is 4. The molecule has 2 aliphatic carbocycles. The van der Waals surface area contributed by atoms with Crippen LogP contribution >= 0.6 is 11.6 Å². The first-order valence-electron chi connectivity index (χ1n) is 6.89. The maximum absolute atomic E-state index is 12.5. The third-order valence-electron chi connectivity index (χ3n) is 5.39. The molecule has 3 atom stereocenters. The van der Waals surface area contributed by atoms with E-state index in [1.165, 1.54) is 10.9 Å². The van der Waals surface area contributed by atoms with Crippen LogP contribution in [0.4, 0.5) is 0 Å². The molecule has 2 aliphatic rings. The van der Waals surface area contributed by atoms with Crippen molar-refractivity contribution in [1.82, 2.24) is 0 Å².